The molecule has 0 fully saturated rings. The predicted octanol–water partition coefficient (Wildman–Crippen LogP) is 12.2. The van der Waals surface area contributed by atoms with Crippen LogP contribution in [0.4, 0.5) is 0 Å². The van der Waals surface area contributed by atoms with E-state index in [-0.39, 0.29) is 0 Å². The SMILES string of the molecule is CCc1nc(-c2cccc(-c3ccc4c(c3)sc3ccccc34)c2)ncc1-c1cc2c3ccccc3c3ccccc3c2cc1C. The van der Waals surface area contributed by atoms with Crippen LogP contribution in [0.25, 0.3) is 86.1 Å². The van der Waals surface area contributed by atoms with E-state index in [9.17, 15) is 0 Å². The number of thiophene rings is 1. The molecule has 46 heavy (non-hydrogen) atoms. The maximum absolute atomic E-state index is 5.18. The Balaban J connectivity index is 1.14. The van der Waals surface area contributed by atoms with Gasteiger partial charge in [-0.2, -0.15) is 0 Å². The zero-order chi connectivity index (χ0) is 30.8. The Morgan fingerprint density at radius 1 is 0.500 bits per heavy atom. The largest absolute Gasteiger partial charge is 0.236 e. The fourth-order valence-electron chi connectivity index (χ4n) is 7.14. The zero-order valence-electron chi connectivity index (χ0n) is 25.7. The summed E-state index contributed by atoms with van der Waals surface area (Å²) in [7, 11) is 0. The molecule has 0 aliphatic carbocycles. The van der Waals surface area contributed by atoms with E-state index in [1.54, 1.807) is 0 Å². The van der Waals surface area contributed by atoms with Crippen LogP contribution in [0.5, 0.6) is 0 Å². The second kappa shape index (κ2) is 10.6. The molecule has 2 nitrogen and oxygen atoms in total. The molecule has 0 aliphatic heterocycles. The van der Waals surface area contributed by atoms with E-state index < -0.39 is 0 Å². The number of aryl methyl sites for hydroxylation is 2. The van der Waals surface area contributed by atoms with E-state index in [4.69, 9.17) is 9.97 Å². The van der Waals surface area contributed by atoms with Crippen molar-refractivity contribution in [2.24, 2.45) is 0 Å². The topological polar surface area (TPSA) is 25.8 Å². The van der Waals surface area contributed by atoms with E-state index in [1.807, 2.05) is 17.5 Å². The smallest absolute Gasteiger partial charge is 0.159 e. The van der Waals surface area contributed by atoms with Crippen LogP contribution < -0.4 is 0 Å². The van der Waals surface area contributed by atoms with Crippen LogP contribution in [0.2, 0.25) is 0 Å². The number of rotatable bonds is 4. The van der Waals surface area contributed by atoms with Crippen LogP contribution in [-0.2, 0) is 6.42 Å². The first kappa shape index (κ1) is 27.0. The number of benzene rings is 7. The van der Waals surface area contributed by atoms with Gasteiger partial charge in [0.2, 0.25) is 0 Å². The van der Waals surface area contributed by atoms with Crippen molar-refractivity contribution < 1.29 is 0 Å². The van der Waals surface area contributed by atoms with Gasteiger partial charge < -0.3 is 0 Å². The molecule has 9 rings (SSSR count). The Labute approximate surface area is 271 Å². The highest BCUT2D eigenvalue weighted by atomic mass is 32.1. The highest BCUT2D eigenvalue weighted by molar-refractivity contribution is 7.25. The van der Waals surface area contributed by atoms with Crippen molar-refractivity contribution in [2.75, 3.05) is 0 Å². The Bertz CT molecular complexity index is 2650. The first-order chi connectivity index (χ1) is 22.7. The fraction of sp³-hybridized carbons (Fsp3) is 0.0698. The Morgan fingerprint density at radius 3 is 1.85 bits per heavy atom. The van der Waals surface area contributed by atoms with Crippen molar-refractivity contribution in [3.8, 4) is 33.6 Å². The lowest BCUT2D eigenvalue weighted by Crippen LogP contribution is -1.99. The number of aromatic nitrogens is 2. The van der Waals surface area contributed by atoms with Crippen LogP contribution >= 0.6 is 11.3 Å². The lowest BCUT2D eigenvalue weighted by atomic mass is 9.89. The van der Waals surface area contributed by atoms with Gasteiger partial charge in [0.25, 0.3) is 0 Å². The quantitative estimate of drug-likeness (QED) is 0.186. The predicted molar refractivity (Wildman–Crippen MR) is 198 cm³/mol. The monoisotopic (exact) mass is 606 g/mol. The molecule has 0 N–H and O–H groups in total. The molecule has 0 spiro atoms. The van der Waals surface area contributed by atoms with E-state index >= 15 is 0 Å². The summed E-state index contributed by atoms with van der Waals surface area (Å²) in [5, 5.41) is 10.3. The summed E-state index contributed by atoms with van der Waals surface area (Å²) in [5.41, 5.74) is 8.01. The average Bonchev–Trinajstić information content (AvgIpc) is 3.49. The third kappa shape index (κ3) is 4.23. The Morgan fingerprint density at radius 2 is 1.11 bits per heavy atom. The second-order valence-corrected chi connectivity index (χ2v) is 13.2. The summed E-state index contributed by atoms with van der Waals surface area (Å²) < 4.78 is 2.64. The third-order valence-electron chi connectivity index (χ3n) is 9.41. The number of fused-ring (bicyclic) bond motifs is 9. The van der Waals surface area contributed by atoms with Crippen molar-refractivity contribution in [3.63, 3.8) is 0 Å². The summed E-state index contributed by atoms with van der Waals surface area (Å²) >= 11 is 1.85. The van der Waals surface area contributed by atoms with Gasteiger partial charge in [-0.25, -0.2) is 9.97 Å². The van der Waals surface area contributed by atoms with Crippen LogP contribution in [0, 0.1) is 6.92 Å². The van der Waals surface area contributed by atoms with Crippen LogP contribution in [0.3, 0.4) is 0 Å². The summed E-state index contributed by atoms with van der Waals surface area (Å²) in [6, 6.07) is 46.3. The van der Waals surface area contributed by atoms with Gasteiger partial charge in [0, 0.05) is 37.5 Å². The maximum Gasteiger partial charge on any atom is 0.159 e. The van der Waals surface area contributed by atoms with Gasteiger partial charge in [-0.15, -0.1) is 11.3 Å². The van der Waals surface area contributed by atoms with Gasteiger partial charge in [0.15, 0.2) is 5.82 Å². The molecular formula is C43H30N2S. The van der Waals surface area contributed by atoms with Crippen molar-refractivity contribution in [1.82, 2.24) is 9.97 Å². The molecule has 3 heteroatoms. The standard InChI is InChI=1S/C43H30N2S/c1-3-40-39(36-24-38-33-16-7-5-14-31(33)30-13-4-6-15-32(30)37(38)21-26(36)2)25-44-43(45-40)29-12-10-11-27(22-29)28-19-20-35-34-17-8-9-18-41(34)46-42(35)23-28/h4-25H,3H2,1-2H3. The van der Waals surface area contributed by atoms with Gasteiger partial charge >= 0.3 is 0 Å². The first-order valence-electron chi connectivity index (χ1n) is 15.9. The van der Waals surface area contributed by atoms with E-state index in [1.165, 1.54) is 74.7 Å². The lowest BCUT2D eigenvalue weighted by Gasteiger charge is -2.16. The minimum atomic E-state index is 0.764. The number of nitrogens with zero attached hydrogens (tertiary/aromatic N) is 2. The van der Waals surface area contributed by atoms with Crippen molar-refractivity contribution in [2.45, 2.75) is 20.3 Å². The van der Waals surface area contributed by atoms with Crippen LogP contribution in [0.1, 0.15) is 18.2 Å². The minimum absolute atomic E-state index is 0.764. The molecule has 0 atom stereocenters. The molecule has 0 bridgehead atoms. The number of hydrogen-bond donors (Lipinski definition) is 0. The average molecular weight is 607 g/mol. The van der Waals surface area contributed by atoms with Crippen molar-refractivity contribution in [3.05, 3.63) is 145 Å². The Kier molecular flexibility index (Phi) is 6.22. The van der Waals surface area contributed by atoms with Crippen molar-refractivity contribution in [1.29, 1.82) is 0 Å². The van der Waals surface area contributed by atoms with Crippen LogP contribution in [-0.4, -0.2) is 9.97 Å². The summed E-state index contributed by atoms with van der Waals surface area (Å²) in [5.74, 6) is 0.764. The van der Waals surface area contributed by atoms with Crippen LogP contribution in [0.15, 0.2) is 134 Å². The number of hydrogen-bond acceptors (Lipinski definition) is 3. The van der Waals surface area contributed by atoms with Gasteiger partial charge in [0.1, 0.15) is 0 Å². The molecule has 0 aliphatic rings. The van der Waals surface area contributed by atoms with Crippen molar-refractivity contribution >= 4 is 63.8 Å². The zero-order valence-corrected chi connectivity index (χ0v) is 26.5. The van der Waals surface area contributed by atoms with Gasteiger partial charge in [-0.1, -0.05) is 110 Å². The molecule has 7 aromatic carbocycles. The van der Waals surface area contributed by atoms with Gasteiger partial charge in [-0.3, -0.25) is 0 Å². The maximum atomic E-state index is 5.18. The van der Waals surface area contributed by atoms with E-state index in [0.717, 1.165) is 29.1 Å². The molecule has 0 amide bonds. The Hall–Kier alpha value is -5.38. The summed E-state index contributed by atoms with van der Waals surface area (Å²) in [6.45, 7) is 4.40. The molecular weight excluding hydrogens is 577 g/mol. The summed E-state index contributed by atoms with van der Waals surface area (Å²) in [4.78, 5) is 10.1. The van der Waals surface area contributed by atoms with E-state index in [0.29, 0.717) is 0 Å². The first-order valence-corrected chi connectivity index (χ1v) is 16.7. The highest BCUT2D eigenvalue weighted by Crippen LogP contribution is 2.40. The van der Waals surface area contributed by atoms with Gasteiger partial charge in [-0.05, 0) is 92.2 Å². The molecule has 218 valence electrons. The highest BCUT2D eigenvalue weighted by Gasteiger charge is 2.16. The minimum Gasteiger partial charge on any atom is -0.236 e. The van der Waals surface area contributed by atoms with E-state index in [2.05, 4.69) is 141 Å². The molecule has 2 heterocycles. The molecule has 0 saturated carbocycles. The summed E-state index contributed by atoms with van der Waals surface area (Å²) in [6.07, 6.45) is 2.86. The molecule has 0 saturated heterocycles. The molecule has 9 aromatic rings. The van der Waals surface area contributed by atoms with Gasteiger partial charge in [0.05, 0.1) is 5.69 Å². The third-order valence-corrected chi connectivity index (χ3v) is 10.5. The molecule has 0 unspecified atom stereocenters. The second-order valence-electron chi connectivity index (χ2n) is 12.1. The lowest BCUT2D eigenvalue weighted by molar-refractivity contribution is 1.01. The normalized spacial score (nSPS) is 11.8. The molecule has 0 radical (unpaired) electrons. The molecule has 2 aromatic heterocycles. The fourth-order valence-corrected chi connectivity index (χ4v) is 8.29.